The zero-order valence-electron chi connectivity index (χ0n) is 13.2. The van der Waals surface area contributed by atoms with Gasteiger partial charge >= 0.3 is 0 Å². The molecule has 1 amide bonds. The molecule has 0 radical (unpaired) electrons. The van der Waals surface area contributed by atoms with E-state index in [2.05, 4.69) is 12.2 Å². The summed E-state index contributed by atoms with van der Waals surface area (Å²) in [5.74, 6) is 2.41. The second kappa shape index (κ2) is 6.22. The fraction of sp³-hybridized carbons (Fsp3) is 0.706. The molecule has 1 aliphatic carbocycles. The Morgan fingerprint density at radius 3 is 2.62 bits per heavy atom. The fourth-order valence-corrected chi connectivity index (χ4v) is 3.07. The molecule has 1 saturated carbocycles. The predicted molar refractivity (Wildman–Crippen MR) is 82.5 cm³/mol. The summed E-state index contributed by atoms with van der Waals surface area (Å²) >= 11 is 0. The molecule has 21 heavy (non-hydrogen) atoms. The van der Waals surface area contributed by atoms with Gasteiger partial charge in [-0.15, -0.1) is 0 Å². The van der Waals surface area contributed by atoms with Crippen molar-refractivity contribution >= 4 is 5.91 Å². The number of rotatable bonds is 5. The number of nitrogens with zero attached hydrogens (tertiary/aromatic N) is 1. The van der Waals surface area contributed by atoms with Gasteiger partial charge in [-0.1, -0.05) is 6.92 Å². The first-order valence-electron chi connectivity index (χ1n) is 8.29. The number of nitrogens with one attached hydrogen (secondary N) is 1. The third kappa shape index (κ3) is 3.49. The average Bonchev–Trinajstić information content (AvgIpc) is 3.26. The molecule has 1 aliphatic heterocycles. The Hall–Kier alpha value is -1.29. The van der Waals surface area contributed by atoms with E-state index in [0.717, 1.165) is 56.1 Å². The number of carbonyl (C=O) groups excluding carboxylic acids is 1. The smallest absolute Gasteiger partial charge is 0.289 e. The highest BCUT2D eigenvalue weighted by molar-refractivity contribution is 5.91. The Balaban J connectivity index is 1.51. The normalized spacial score (nSPS) is 20.0. The van der Waals surface area contributed by atoms with Gasteiger partial charge in [0.15, 0.2) is 5.76 Å². The van der Waals surface area contributed by atoms with Crippen LogP contribution in [0, 0.1) is 12.8 Å². The number of piperidine rings is 1. The van der Waals surface area contributed by atoms with Crippen LogP contribution >= 0.6 is 0 Å². The van der Waals surface area contributed by atoms with Crippen molar-refractivity contribution in [3.8, 4) is 0 Å². The van der Waals surface area contributed by atoms with Crippen molar-refractivity contribution in [2.24, 2.45) is 5.92 Å². The van der Waals surface area contributed by atoms with Gasteiger partial charge in [0.05, 0.1) is 0 Å². The van der Waals surface area contributed by atoms with E-state index in [0.29, 0.717) is 11.8 Å². The maximum absolute atomic E-state index is 12.5. The lowest BCUT2D eigenvalue weighted by Gasteiger charge is -2.32. The lowest BCUT2D eigenvalue weighted by atomic mass is 10.0. The molecule has 0 aromatic carbocycles. The second-order valence-corrected chi connectivity index (χ2v) is 6.49. The average molecular weight is 290 g/mol. The van der Waals surface area contributed by atoms with Gasteiger partial charge in [0.25, 0.3) is 5.91 Å². The van der Waals surface area contributed by atoms with E-state index in [1.807, 2.05) is 17.9 Å². The maximum atomic E-state index is 12.5. The molecule has 1 N–H and O–H groups in total. The van der Waals surface area contributed by atoms with Gasteiger partial charge in [0.1, 0.15) is 5.76 Å². The quantitative estimate of drug-likeness (QED) is 0.907. The van der Waals surface area contributed by atoms with Gasteiger partial charge in [0, 0.05) is 25.6 Å². The largest absolute Gasteiger partial charge is 0.456 e. The molecule has 2 fully saturated rings. The van der Waals surface area contributed by atoms with Crippen molar-refractivity contribution in [3.05, 3.63) is 23.2 Å². The Morgan fingerprint density at radius 2 is 2.05 bits per heavy atom. The van der Waals surface area contributed by atoms with Crippen LogP contribution in [0.25, 0.3) is 0 Å². The van der Waals surface area contributed by atoms with E-state index in [9.17, 15) is 4.79 Å². The molecule has 0 bridgehead atoms. The Morgan fingerprint density at radius 1 is 1.33 bits per heavy atom. The number of likely N-dealkylation sites (tertiary alicyclic amines) is 1. The highest BCUT2D eigenvalue weighted by Crippen LogP contribution is 2.28. The lowest BCUT2D eigenvalue weighted by Crippen LogP contribution is -2.45. The third-order valence-corrected chi connectivity index (χ3v) is 4.73. The second-order valence-electron chi connectivity index (χ2n) is 6.49. The Kier molecular flexibility index (Phi) is 4.34. The molecule has 4 heteroatoms. The summed E-state index contributed by atoms with van der Waals surface area (Å²) in [6, 6.07) is 2.47. The molecule has 0 spiro atoms. The number of carbonyl (C=O) groups is 1. The van der Waals surface area contributed by atoms with Gasteiger partial charge in [0.2, 0.25) is 0 Å². The minimum atomic E-state index is 0.0541. The van der Waals surface area contributed by atoms with E-state index in [-0.39, 0.29) is 5.91 Å². The van der Waals surface area contributed by atoms with Crippen molar-refractivity contribution in [1.29, 1.82) is 0 Å². The van der Waals surface area contributed by atoms with E-state index in [1.165, 1.54) is 12.8 Å². The SMILES string of the molecule is CCc1oc(C(=O)N2CCC(NCC3CC3)CC2)cc1C. The highest BCUT2D eigenvalue weighted by atomic mass is 16.4. The van der Waals surface area contributed by atoms with Crippen LogP contribution in [0.5, 0.6) is 0 Å². The molecule has 0 unspecified atom stereocenters. The van der Waals surface area contributed by atoms with Gasteiger partial charge in [-0.05, 0) is 56.7 Å². The third-order valence-electron chi connectivity index (χ3n) is 4.73. The van der Waals surface area contributed by atoms with Crippen molar-refractivity contribution in [3.63, 3.8) is 0 Å². The molecule has 1 aromatic rings. The fourth-order valence-electron chi connectivity index (χ4n) is 3.07. The lowest BCUT2D eigenvalue weighted by molar-refractivity contribution is 0.0671. The van der Waals surface area contributed by atoms with Crippen LogP contribution in [0.2, 0.25) is 0 Å². The first-order valence-corrected chi connectivity index (χ1v) is 8.29. The molecule has 1 aromatic heterocycles. The highest BCUT2D eigenvalue weighted by Gasteiger charge is 2.27. The van der Waals surface area contributed by atoms with Crippen molar-refractivity contribution in [2.75, 3.05) is 19.6 Å². The van der Waals surface area contributed by atoms with Crippen LogP contribution in [0.15, 0.2) is 10.5 Å². The van der Waals surface area contributed by atoms with Crippen molar-refractivity contribution < 1.29 is 9.21 Å². The summed E-state index contributed by atoms with van der Waals surface area (Å²) in [5.41, 5.74) is 1.09. The van der Waals surface area contributed by atoms with E-state index in [1.54, 1.807) is 0 Å². The predicted octanol–water partition coefficient (Wildman–Crippen LogP) is 2.75. The standard InChI is InChI=1S/C17H26N2O2/c1-3-15-12(2)10-16(21-15)17(20)19-8-6-14(7-9-19)18-11-13-4-5-13/h10,13-14,18H,3-9,11H2,1-2H3. The van der Waals surface area contributed by atoms with Crippen LogP contribution in [-0.4, -0.2) is 36.5 Å². The molecule has 2 aliphatic rings. The molecule has 116 valence electrons. The number of hydrogen-bond donors (Lipinski definition) is 1. The first kappa shape index (κ1) is 14.6. The molecule has 1 saturated heterocycles. The number of aryl methyl sites for hydroxylation is 2. The molecule has 4 nitrogen and oxygen atoms in total. The van der Waals surface area contributed by atoms with E-state index >= 15 is 0 Å². The van der Waals surface area contributed by atoms with Crippen LogP contribution < -0.4 is 5.32 Å². The first-order chi connectivity index (χ1) is 10.2. The molecule has 3 rings (SSSR count). The number of furan rings is 1. The maximum Gasteiger partial charge on any atom is 0.289 e. The van der Waals surface area contributed by atoms with Gasteiger partial charge in [-0.2, -0.15) is 0 Å². The minimum Gasteiger partial charge on any atom is -0.456 e. The zero-order valence-corrected chi connectivity index (χ0v) is 13.2. The van der Waals surface area contributed by atoms with Crippen molar-refractivity contribution in [2.45, 2.75) is 52.0 Å². The molecule has 0 atom stereocenters. The van der Waals surface area contributed by atoms with Crippen LogP contribution in [-0.2, 0) is 6.42 Å². The summed E-state index contributed by atoms with van der Waals surface area (Å²) in [4.78, 5) is 14.4. The summed E-state index contributed by atoms with van der Waals surface area (Å²) in [7, 11) is 0. The Labute approximate surface area is 126 Å². The van der Waals surface area contributed by atoms with Crippen LogP contribution in [0.1, 0.15) is 54.5 Å². The number of hydrogen-bond acceptors (Lipinski definition) is 3. The van der Waals surface area contributed by atoms with Crippen LogP contribution in [0.4, 0.5) is 0 Å². The number of amides is 1. The molecular formula is C17H26N2O2. The zero-order chi connectivity index (χ0) is 14.8. The van der Waals surface area contributed by atoms with Gasteiger partial charge < -0.3 is 14.6 Å². The van der Waals surface area contributed by atoms with Gasteiger partial charge in [-0.3, -0.25) is 4.79 Å². The van der Waals surface area contributed by atoms with Gasteiger partial charge in [-0.25, -0.2) is 0 Å². The molecular weight excluding hydrogens is 264 g/mol. The van der Waals surface area contributed by atoms with E-state index < -0.39 is 0 Å². The summed E-state index contributed by atoms with van der Waals surface area (Å²) < 4.78 is 5.69. The summed E-state index contributed by atoms with van der Waals surface area (Å²) in [5, 5.41) is 3.64. The Bertz CT molecular complexity index is 497. The van der Waals surface area contributed by atoms with Crippen LogP contribution in [0.3, 0.4) is 0 Å². The summed E-state index contributed by atoms with van der Waals surface area (Å²) in [6.07, 6.45) is 5.73. The minimum absolute atomic E-state index is 0.0541. The van der Waals surface area contributed by atoms with E-state index in [4.69, 9.17) is 4.42 Å². The summed E-state index contributed by atoms with van der Waals surface area (Å²) in [6.45, 7) is 6.89. The molecule has 2 heterocycles. The topological polar surface area (TPSA) is 45.5 Å². The monoisotopic (exact) mass is 290 g/mol. The van der Waals surface area contributed by atoms with Crippen molar-refractivity contribution in [1.82, 2.24) is 10.2 Å².